The summed E-state index contributed by atoms with van der Waals surface area (Å²) >= 11 is 0. The van der Waals surface area contributed by atoms with Crippen molar-refractivity contribution in [1.29, 1.82) is 5.26 Å². The van der Waals surface area contributed by atoms with Crippen molar-refractivity contribution in [2.24, 2.45) is 0 Å². The highest BCUT2D eigenvalue weighted by Crippen LogP contribution is 2.25. The van der Waals surface area contributed by atoms with Crippen LogP contribution >= 0.6 is 0 Å². The topological polar surface area (TPSA) is 59.3 Å². The molecule has 0 heterocycles. The van der Waals surface area contributed by atoms with Crippen LogP contribution in [0.25, 0.3) is 0 Å². The van der Waals surface area contributed by atoms with Crippen molar-refractivity contribution in [3.05, 3.63) is 29.3 Å². The van der Waals surface area contributed by atoms with Crippen molar-refractivity contribution in [2.45, 2.75) is 52.6 Å². The van der Waals surface area contributed by atoms with E-state index in [1.165, 1.54) is 0 Å². The van der Waals surface area contributed by atoms with Gasteiger partial charge in [0.05, 0.1) is 12.2 Å². The second kappa shape index (κ2) is 7.68. The molecule has 1 rings (SSSR count). The first-order valence-corrected chi connectivity index (χ1v) is 7.23. The SMILES string of the molecule is CCOC(=O)CCCc1ccc(C#N)c(OC(C)(C)C)c1. The van der Waals surface area contributed by atoms with E-state index in [1.54, 1.807) is 13.0 Å². The number of carbonyl (C=O) groups excluding carboxylic acids is 1. The molecule has 1 aromatic carbocycles. The zero-order chi connectivity index (χ0) is 15.9. The van der Waals surface area contributed by atoms with Crippen LogP contribution in [0.3, 0.4) is 0 Å². The highest BCUT2D eigenvalue weighted by molar-refractivity contribution is 5.69. The molecule has 4 heteroatoms. The third-order valence-corrected chi connectivity index (χ3v) is 2.73. The molecule has 0 unspecified atom stereocenters. The van der Waals surface area contributed by atoms with Gasteiger partial charge in [0.15, 0.2) is 0 Å². The maximum atomic E-state index is 11.3. The first-order chi connectivity index (χ1) is 9.85. The van der Waals surface area contributed by atoms with Crippen LogP contribution in [0, 0.1) is 11.3 Å². The van der Waals surface area contributed by atoms with Gasteiger partial charge in [0, 0.05) is 6.42 Å². The molecule has 0 bridgehead atoms. The van der Waals surface area contributed by atoms with E-state index in [1.807, 2.05) is 32.9 Å². The van der Waals surface area contributed by atoms with Gasteiger partial charge in [0.1, 0.15) is 17.4 Å². The van der Waals surface area contributed by atoms with Gasteiger partial charge in [-0.3, -0.25) is 4.79 Å². The van der Waals surface area contributed by atoms with Gasteiger partial charge in [0.25, 0.3) is 0 Å². The van der Waals surface area contributed by atoms with E-state index < -0.39 is 0 Å². The molecule has 4 nitrogen and oxygen atoms in total. The number of ether oxygens (including phenoxy) is 2. The fourth-order valence-corrected chi connectivity index (χ4v) is 1.90. The van der Waals surface area contributed by atoms with Gasteiger partial charge in [-0.15, -0.1) is 0 Å². The van der Waals surface area contributed by atoms with Gasteiger partial charge in [-0.2, -0.15) is 5.26 Å². The molecule has 0 saturated carbocycles. The second-order valence-electron chi connectivity index (χ2n) is 5.82. The Kier molecular flexibility index (Phi) is 6.23. The van der Waals surface area contributed by atoms with Crippen molar-refractivity contribution in [1.82, 2.24) is 0 Å². The minimum Gasteiger partial charge on any atom is -0.487 e. The molecule has 0 aliphatic rings. The predicted molar refractivity (Wildman–Crippen MR) is 81.1 cm³/mol. The maximum Gasteiger partial charge on any atom is 0.305 e. The number of nitriles is 1. The zero-order valence-electron chi connectivity index (χ0n) is 13.2. The van der Waals surface area contributed by atoms with Crippen LogP contribution in [0.5, 0.6) is 5.75 Å². The van der Waals surface area contributed by atoms with Gasteiger partial charge in [-0.1, -0.05) is 6.07 Å². The molecule has 0 spiro atoms. The Balaban J connectivity index is 2.70. The molecular formula is C17H23NO3. The van der Waals surface area contributed by atoms with Crippen LogP contribution in [0.1, 0.15) is 51.7 Å². The molecule has 114 valence electrons. The van der Waals surface area contributed by atoms with Crippen LogP contribution in [0.4, 0.5) is 0 Å². The standard InChI is InChI=1S/C17H23NO3/c1-5-20-16(19)8-6-7-13-9-10-14(12-18)15(11-13)21-17(2,3)4/h9-11H,5-8H2,1-4H3. The van der Waals surface area contributed by atoms with E-state index >= 15 is 0 Å². The van der Waals surface area contributed by atoms with Crippen molar-refractivity contribution >= 4 is 5.97 Å². The highest BCUT2D eigenvalue weighted by Gasteiger charge is 2.15. The van der Waals surface area contributed by atoms with E-state index in [4.69, 9.17) is 14.7 Å². The molecule has 0 aliphatic heterocycles. The van der Waals surface area contributed by atoms with Crippen LogP contribution in [0.2, 0.25) is 0 Å². The van der Waals surface area contributed by atoms with E-state index in [0.29, 0.717) is 24.3 Å². The monoisotopic (exact) mass is 289 g/mol. The summed E-state index contributed by atoms with van der Waals surface area (Å²) in [5, 5.41) is 9.12. The number of hydrogen-bond donors (Lipinski definition) is 0. The lowest BCUT2D eigenvalue weighted by Crippen LogP contribution is -2.23. The van der Waals surface area contributed by atoms with Crippen molar-refractivity contribution in [3.8, 4) is 11.8 Å². The molecule has 0 N–H and O–H groups in total. The average Bonchev–Trinajstić information content (AvgIpc) is 2.37. The average molecular weight is 289 g/mol. The smallest absolute Gasteiger partial charge is 0.305 e. The maximum absolute atomic E-state index is 11.3. The number of esters is 1. The molecular weight excluding hydrogens is 266 g/mol. The van der Waals surface area contributed by atoms with Crippen LogP contribution in [-0.4, -0.2) is 18.2 Å². The highest BCUT2D eigenvalue weighted by atomic mass is 16.5. The van der Waals surface area contributed by atoms with Gasteiger partial charge in [0.2, 0.25) is 0 Å². The largest absolute Gasteiger partial charge is 0.487 e. The molecule has 0 aromatic heterocycles. The third-order valence-electron chi connectivity index (χ3n) is 2.73. The van der Waals surface area contributed by atoms with Crippen LogP contribution in [0.15, 0.2) is 18.2 Å². The Labute approximate surface area is 126 Å². The van der Waals surface area contributed by atoms with E-state index in [9.17, 15) is 4.79 Å². The summed E-state index contributed by atoms with van der Waals surface area (Å²) < 4.78 is 10.7. The van der Waals surface area contributed by atoms with Gasteiger partial charge in [-0.05, 0) is 58.2 Å². The predicted octanol–water partition coefficient (Wildman–Crippen LogP) is 3.62. The van der Waals surface area contributed by atoms with Crippen LogP contribution < -0.4 is 4.74 Å². The molecule has 0 radical (unpaired) electrons. The Morgan fingerprint density at radius 2 is 2.05 bits per heavy atom. The number of carbonyl (C=O) groups is 1. The van der Waals surface area contributed by atoms with Gasteiger partial charge in [-0.25, -0.2) is 0 Å². The number of benzene rings is 1. The van der Waals surface area contributed by atoms with Crippen molar-refractivity contribution < 1.29 is 14.3 Å². The summed E-state index contributed by atoms with van der Waals surface area (Å²) in [5.41, 5.74) is 1.23. The number of hydrogen-bond acceptors (Lipinski definition) is 4. The summed E-state index contributed by atoms with van der Waals surface area (Å²) in [6.07, 6.45) is 1.88. The van der Waals surface area contributed by atoms with Crippen molar-refractivity contribution in [2.75, 3.05) is 6.61 Å². The fraction of sp³-hybridized carbons (Fsp3) is 0.529. The summed E-state index contributed by atoms with van der Waals surface area (Å²) in [7, 11) is 0. The summed E-state index contributed by atoms with van der Waals surface area (Å²) in [5.74, 6) is 0.427. The number of nitrogens with zero attached hydrogens (tertiary/aromatic N) is 1. The number of rotatable bonds is 6. The molecule has 21 heavy (non-hydrogen) atoms. The molecule has 0 atom stereocenters. The third kappa shape index (κ3) is 6.31. The van der Waals surface area contributed by atoms with E-state index in [-0.39, 0.29) is 11.6 Å². The van der Waals surface area contributed by atoms with E-state index in [2.05, 4.69) is 6.07 Å². The first-order valence-electron chi connectivity index (χ1n) is 7.23. The lowest BCUT2D eigenvalue weighted by molar-refractivity contribution is -0.143. The molecule has 0 aliphatic carbocycles. The fourth-order valence-electron chi connectivity index (χ4n) is 1.90. The zero-order valence-corrected chi connectivity index (χ0v) is 13.2. The minimum atomic E-state index is -0.352. The van der Waals surface area contributed by atoms with E-state index in [0.717, 1.165) is 18.4 Å². The minimum absolute atomic E-state index is 0.169. The Hall–Kier alpha value is -2.02. The summed E-state index contributed by atoms with van der Waals surface area (Å²) in [6.45, 7) is 8.05. The van der Waals surface area contributed by atoms with Gasteiger partial charge >= 0.3 is 5.97 Å². The summed E-state index contributed by atoms with van der Waals surface area (Å²) in [4.78, 5) is 11.3. The first kappa shape index (κ1) is 17.0. The normalized spacial score (nSPS) is 10.8. The lowest BCUT2D eigenvalue weighted by atomic mass is 10.0. The van der Waals surface area contributed by atoms with Crippen molar-refractivity contribution in [3.63, 3.8) is 0 Å². The summed E-state index contributed by atoms with van der Waals surface area (Å²) in [6, 6.07) is 7.69. The Morgan fingerprint density at radius 3 is 2.62 bits per heavy atom. The molecule has 1 aromatic rings. The van der Waals surface area contributed by atoms with Crippen LogP contribution in [-0.2, 0) is 16.0 Å². The number of aryl methyl sites for hydroxylation is 1. The van der Waals surface area contributed by atoms with Gasteiger partial charge < -0.3 is 9.47 Å². The molecule has 0 fully saturated rings. The molecule has 0 saturated heterocycles. The Morgan fingerprint density at radius 1 is 1.33 bits per heavy atom. The second-order valence-corrected chi connectivity index (χ2v) is 5.82. The Bertz CT molecular complexity index is 524. The quantitative estimate of drug-likeness (QED) is 0.750. The molecule has 0 amide bonds. The lowest BCUT2D eigenvalue weighted by Gasteiger charge is -2.22.